The standard InChI is InChI=1S/C72H141NO5/c1-3-5-7-9-11-13-15-17-19-20-30-34-38-42-46-50-54-58-62-66-72(77)78-67-63-59-55-51-47-43-39-35-32-29-27-25-23-21-22-24-26-28-31-33-37-41-45-49-53-57-61-65-71(76)73-69(68-74)70(75)64-60-56-52-48-44-40-36-18-16-14-12-10-8-6-4-2/h17,19,69-70,74-75H,3-16,18,20-68H2,1-2H3,(H,73,76)/b19-17-. The number of aliphatic hydroxyl groups excluding tert-OH is 2. The molecule has 0 rings (SSSR count). The Balaban J connectivity index is 3.32. The molecule has 0 saturated heterocycles. The third kappa shape index (κ3) is 63.8. The van der Waals surface area contributed by atoms with E-state index < -0.39 is 12.1 Å². The summed E-state index contributed by atoms with van der Waals surface area (Å²) in [4.78, 5) is 24.6. The molecule has 2 unspecified atom stereocenters. The van der Waals surface area contributed by atoms with E-state index in [1.54, 1.807) is 0 Å². The van der Waals surface area contributed by atoms with Crippen LogP contribution in [-0.2, 0) is 14.3 Å². The second-order valence-electron chi connectivity index (χ2n) is 24.9. The molecule has 0 aromatic carbocycles. The number of nitrogens with one attached hydrogen (secondary N) is 1. The predicted octanol–water partition coefficient (Wildman–Crippen LogP) is 23.1. The van der Waals surface area contributed by atoms with Crippen LogP contribution in [0.15, 0.2) is 12.2 Å². The number of aliphatic hydroxyl groups is 2. The molecule has 0 aliphatic heterocycles. The van der Waals surface area contributed by atoms with Gasteiger partial charge in [0.05, 0.1) is 25.4 Å². The molecule has 0 spiro atoms. The van der Waals surface area contributed by atoms with Crippen molar-refractivity contribution in [3.8, 4) is 0 Å². The predicted molar refractivity (Wildman–Crippen MR) is 343 cm³/mol. The average Bonchev–Trinajstić information content (AvgIpc) is 3.44. The van der Waals surface area contributed by atoms with Crippen molar-refractivity contribution in [1.82, 2.24) is 5.32 Å². The summed E-state index contributed by atoms with van der Waals surface area (Å²) >= 11 is 0. The van der Waals surface area contributed by atoms with Crippen molar-refractivity contribution >= 4 is 11.9 Å². The van der Waals surface area contributed by atoms with Crippen molar-refractivity contribution in [3.05, 3.63) is 12.2 Å². The molecule has 0 aliphatic carbocycles. The van der Waals surface area contributed by atoms with Crippen LogP contribution in [0.5, 0.6) is 0 Å². The Labute approximate surface area is 489 Å². The summed E-state index contributed by atoms with van der Waals surface area (Å²) in [5, 5.41) is 23.3. The topological polar surface area (TPSA) is 95.9 Å². The number of carbonyl (C=O) groups excluding carboxylic acids is 2. The molecule has 2 atom stereocenters. The molecule has 0 bridgehead atoms. The zero-order valence-electron chi connectivity index (χ0n) is 53.2. The second-order valence-corrected chi connectivity index (χ2v) is 24.9. The van der Waals surface area contributed by atoms with Gasteiger partial charge >= 0.3 is 5.97 Å². The first-order valence-corrected chi connectivity index (χ1v) is 35.9. The minimum atomic E-state index is -0.661. The molecule has 1 amide bonds. The molecule has 0 aliphatic rings. The van der Waals surface area contributed by atoms with Crippen LogP contribution in [0, 0.1) is 0 Å². The molecule has 0 saturated carbocycles. The summed E-state index contributed by atoms with van der Waals surface area (Å²) in [5.74, 6) is -0.0101. The average molecular weight is 1100 g/mol. The lowest BCUT2D eigenvalue weighted by Gasteiger charge is -2.22. The maximum absolute atomic E-state index is 12.5. The molecular formula is C72H141NO5. The first kappa shape index (κ1) is 76.6. The highest BCUT2D eigenvalue weighted by Gasteiger charge is 2.20. The maximum Gasteiger partial charge on any atom is 0.305 e. The van der Waals surface area contributed by atoms with Gasteiger partial charge in [-0.3, -0.25) is 9.59 Å². The second kappa shape index (κ2) is 68.1. The smallest absolute Gasteiger partial charge is 0.305 e. The van der Waals surface area contributed by atoms with E-state index in [1.807, 2.05) is 0 Å². The highest BCUT2D eigenvalue weighted by atomic mass is 16.5. The molecule has 78 heavy (non-hydrogen) atoms. The fourth-order valence-corrected chi connectivity index (χ4v) is 11.6. The van der Waals surface area contributed by atoms with E-state index in [9.17, 15) is 19.8 Å². The molecule has 0 radical (unpaired) electrons. The van der Waals surface area contributed by atoms with Crippen LogP contribution in [0.1, 0.15) is 412 Å². The number of hydrogen-bond acceptors (Lipinski definition) is 5. The largest absolute Gasteiger partial charge is 0.466 e. The quantitative estimate of drug-likeness (QED) is 0.0320. The van der Waals surface area contributed by atoms with Crippen molar-refractivity contribution in [2.45, 2.75) is 424 Å². The Hall–Kier alpha value is -1.40. The molecule has 3 N–H and O–H groups in total. The summed E-state index contributed by atoms with van der Waals surface area (Å²) in [6.07, 6.45) is 84.1. The summed E-state index contributed by atoms with van der Waals surface area (Å²) in [7, 11) is 0. The van der Waals surface area contributed by atoms with E-state index in [0.29, 0.717) is 25.9 Å². The third-order valence-electron chi connectivity index (χ3n) is 17.1. The van der Waals surface area contributed by atoms with Crippen LogP contribution in [0.4, 0.5) is 0 Å². The van der Waals surface area contributed by atoms with Gasteiger partial charge in [0, 0.05) is 12.8 Å². The van der Waals surface area contributed by atoms with Crippen LogP contribution in [0.3, 0.4) is 0 Å². The van der Waals surface area contributed by atoms with E-state index >= 15 is 0 Å². The van der Waals surface area contributed by atoms with Gasteiger partial charge < -0.3 is 20.3 Å². The van der Waals surface area contributed by atoms with E-state index in [1.165, 1.54) is 340 Å². The van der Waals surface area contributed by atoms with E-state index in [0.717, 1.165) is 38.5 Å². The SMILES string of the molecule is CCCCCCCC/C=C\CCCCCCCCCCCC(=O)OCCCCCCCCCCCCCCCCCCCCCCCCCCCCCC(=O)NC(CO)C(O)CCCCCCCCCCCCCCCCC. The highest BCUT2D eigenvalue weighted by Crippen LogP contribution is 2.19. The molecule has 6 heteroatoms. The highest BCUT2D eigenvalue weighted by molar-refractivity contribution is 5.76. The maximum atomic E-state index is 12.5. The minimum absolute atomic E-state index is 0.0188. The first-order chi connectivity index (χ1) is 38.5. The number of carbonyl (C=O) groups is 2. The lowest BCUT2D eigenvalue weighted by Crippen LogP contribution is -2.45. The fraction of sp³-hybridized carbons (Fsp3) is 0.944. The van der Waals surface area contributed by atoms with Gasteiger partial charge in [0.2, 0.25) is 5.91 Å². The van der Waals surface area contributed by atoms with Crippen LogP contribution in [0.2, 0.25) is 0 Å². The van der Waals surface area contributed by atoms with Gasteiger partial charge in [0.15, 0.2) is 0 Å². The van der Waals surface area contributed by atoms with Gasteiger partial charge in [-0.05, 0) is 51.4 Å². The summed E-state index contributed by atoms with van der Waals surface area (Å²) < 4.78 is 5.51. The van der Waals surface area contributed by atoms with Gasteiger partial charge in [0.25, 0.3) is 0 Å². The number of unbranched alkanes of at least 4 members (excludes halogenated alkanes) is 55. The van der Waals surface area contributed by atoms with Gasteiger partial charge in [-0.15, -0.1) is 0 Å². The van der Waals surface area contributed by atoms with Crippen LogP contribution in [0.25, 0.3) is 0 Å². The van der Waals surface area contributed by atoms with E-state index in [4.69, 9.17) is 4.74 Å². The minimum Gasteiger partial charge on any atom is -0.466 e. The normalized spacial score (nSPS) is 12.5. The van der Waals surface area contributed by atoms with E-state index in [2.05, 4.69) is 31.3 Å². The van der Waals surface area contributed by atoms with E-state index in [-0.39, 0.29) is 18.5 Å². The third-order valence-corrected chi connectivity index (χ3v) is 17.1. The number of ether oxygens (including phenoxy) is 1. The molecule has 6 nitrogen and oxygen atoms in total. The van der Waals surface area contributed by atoms with Crippen LogP contribution >= 0.6 is 0 Å². The Morgan fingerprint density at radius 2 is 0.603 bits per heavy atom. The molecule has 0 fully saturated rings. The monoisotopic (exact) mass is 1100 g/mol. The number of amides is 1. The van der Waals surface area contributed by atoms with Gasteiger partial charge in [-0.1, -0.05) is 360 Å². The van der Waals surface area contributed by atoms with Gasteiger partial charge in [-0.2, -0.15) is 0 Å². The number of allylic oxidation sites excluding steroid dienone is 2. The van der Waals surface area contributed by atoms with Crippen molar-refractivity contribution in [3.63, 3.8) is 0 Å². The Morgan fingerprint density at radius 1 is 0.346 bits per heavy atom. The summed E-state index contributed by atoms with van der Waals surface area (Å²) in [6, 6.07) is -0.538. The Kier molecular flexibility index (Phi) is 66.9. The number of esters is 1. The molecule has 464 valence electrons. The first-order valence-electron chi connectivity index (χ1n) is 35.9. The van der Waals surface area contributed by atoms with Gasteiger partial charge in [0.1, 0.15) is 0 Å². The lowest BCUT2D eigenvalue weighted by atomic mass is 10.0. The molecule has 0 heterocycles. The fourth-order valence-electron chi connectivity index (χ4n) is 11.6. The molecular weight excluding hydrogens is 959 g/mol. The Bertz CT molecular complexity index is 1180. The van der Waals surface area contributed by atoms with Crippen molar-refractivity contribution in [2.24, 2.45) is 0 Å². The Morgan fingerprint density at radius 3 is 0.910 bits per heavy atom. The lowest BCUT2D eigenvalue weighted by molar-refractivity contribution is -0.143. The van der Waals surface area contributed by atoms with Crippen LogP contribution < -0.4 is 5.32 Å². The van der Waals surface area contributed by atoms with Crippen molar-refractivity contribution in [1.29, 1.82) is 0 Å². The number of hydrogen-bond donors (Lipinski definition) is 3. The summed E-state index contributed by atoms with van der Waals surface area (Å²) in [6.45, 7) is 4.99. The van der Waals surface area contributed by atoms with Gasteiger partial charge in [-0.25, -0.2) is 0 Å². The van der Waals surface area contributed by atoms with Crippen molar-refractivity contribution in [2.75, 3.05) is 13.2 Å². The van der Waals surface area contributed by atoms with Crippen LogP contribution in [-0.4, -0.2) is 47.4 Å². The zero-order chi connectivity index (χ0) is 56.4. The molecule has 0 aromatic heterocycles. The molecule has 0 aromatic rings. The zero-order valence-corrected chi connectivity index (χ0v) is 53.2. The van der Waals surface area contributed by atoms with Crippen molar-refractivity contribution < 1.29 is 24.5 Å². The summed E-state index contributed by atoms with van der Waals surface area (Å²) in [5.41, 5.74) is 0. The number of rotatable bonds is 68.